The lowest BCUT2D eigenvalue weighted by atomic mass is 10.1. The molecule has 0 atom stereocenters. The third-order valence-electron chi connectivity index (χ3n) is 6.27. The molecule has 1 saturated heterocycles. The Bertz CT molecular complexity index is 984. The summed E-state index contributed by atoms with van der Waals surface area (Å²) < 4.78 is 5.17. The Morgan fingerprint density at radius 2 is 1.58 bits per heavy atom. The van der Waals surface area contributed by atoms with Gasteiger partial charge in [0, 0.05) is 49.8 Å². The van der Waals surface area contributed by atoms with Gasteiger partial charge in [0.2, 0.25) is 11.8 Å². The van der Waals surface area contributed by atoms with Crippen LogP contribution in [0.5, 0.6) is 5.75 Å². The molecular formula is C26H31N3O4. The van der Waals surface area contributed by atoms with Gasteiger partial charge in [-0.1, -0.05) is 12.1 Å². The van der Waals surface area contributed by atoms with E-state index in [1.807, 2.05) is 34.1 Å². The van der Waals surface area contributed by atoms with Gasteiger partial charge < -0.3 is 19.9 Å². The fourth-order valence-corrected chi connectivity index (χ4v) is 4.04. The smallest absolute Gasteiger partial charge is 0.253 e. The van der Waals surface area contributed by atoms with Crippen LogP contribution in [0.4, 0.5) is 5.69 Å². The standard InChI is InChI=1S/C26H31N3O4/c1-33-23-12-3-19(4-13-23)5-14-24(30)28-15-2-16-29(18-17-28)26(32)21-8-10-22(11-9-21)27-25(31)20-6-7-20/h3-4,8-13,20H,2,5-7,14-18H2,1H3,(H,27,31). The molecule has 2 fully saturated rings. The zero-order chi connectivity index (χ0) is 23.2. The van der Waals surface area contributed by atoms with Crippen LogP contribution in [0.15, 0.2) is 48.5 Å². The molecule has 1 N–H and O–H groups in total. The van der Waals surface area contributed by atoms with Gasteiger partial charge in [-0.25, -0.2) is 0 Å². The summed E-state index contributed by atoms with van der Waals surface area (Å²) in [6, 6.07) is 14.8. The van der Waals surface area contributed by atoms with Gasteiger partial charge in [0.05, 0.1) is 7.11 Å². The lowest BCUT2D eigenvalue weighted by Gasteiger charge is -2.22. The highest BCUT2D eigenvalue weighted by Crippen LogP contribution is 2.30. The van der Waals surface area contributed by atoms with E-state index in [1.165, 1.54) is 0 Å². The van der Waals surface area contributed by atoms with Crippen LogP contribution in [0.3, 0.4) is 0 Å². The predicted octanol–water partition coefficient (Wildman–Crippen LogP) is 3.35. The lowest BCUT2D eigenvalue weighted by Crippen LogP contribution is -2.37. The van der Waals surface area contributed by atoms with Crippen LogP contribution in [-0.4, -0.2) is 60.8 Å². The summed E-state index contributed by atoms with van der Waals surface area (Å²) in [6.45, 7) is 2.36. The van der Waals surface area contributed by atoms with E-state index in [-0.39, 0.29) is 23.6 Å². The molecule has 0 aromatic heterocycles. The lowest BCUT2D eigenvalue weighted by molar-refractivity contribution is -0.131. The average Bonchev–Trinajstić information content (AvgIpc) is 3.70. The highest BCUT2D eigenvalue weighted by Gasteiger charge is 2.29. The van der Waals surface area contributed by atoms with Crippen molar-refractivity contribution in [2.75, 3.05) is 38.6 Å². The first-order valence-electron chi connectivity index (χ1n) is 11.6. The number of ether oxygens (including phenoxy) is 1. The van der Waals surface area contributed by atoms with Gasteiger partial charge in [0.1, 0.15) is 5.75 Å². The van der Waals surface area contributed by atoms with Crippen LogP contribution in [0, 0.1) is 5.92 Å². The number of carbonyl (C=O) groups is 3. The molecule has 33 heavy (non-hydrogen) atoms. The van der Waals surface area contributed by atoms with E-state index in [9.17, 15) is 14.4 Å². The predicted molar refractivity (Wildman–Crippen MR) is 126 cm³/mol. The maximum atomic E-state index is 13.0. The average molecular weight is 450 g/mol. The second-order valence-electron chi connectivity index (χ2n) is 8.72. The number of amides is 3. The number of rotatable bonds is 7. The highest BCUT2D eigenvalue weighted by molar-refractivity contribution is 5.96. The molecule has 1 heterocycles. The van der Waals surface area contributed by atoms with Crippen LogP contribution in [0.2, 0.25) is 0 Å². The van der Waals surface area contributed by atoms with Crippen molar-refractivity contribution in [2.24, 2.45) is 5.92 Å². The molecule has 7 nitrogen and oxygen atoms in total. The van der Waals surface area contributed by atoms with Crippen molar-refractivity contribution in [3.63, 3.8) is 0 Å². The fourth-order valence-electron chi connectivity index (χ4n) is 4.04. The Hall–Kier alpha value is -3.35. The van der Waals surface area contributed by atoms with Crippen molar-refractivity contribution in [3.8, 4) is 5.75 Å². The largest absolute Gasteiger partial charge is 0.497 e. The Labute approximate surface area is 194 Å². The van der Waals surface area contributed by atoms with Crippen molar-refractivity contribution >= 4 is 23.4 Å². The second-order valence-corrected chi connectivity index (χ2v) is 8.72. The Kier molecular flexibility index (Phi) is 7.27. The Morgan fingerprint density at radius 3 is 2.24 bits per heavy atom. The molecule has 0 unspecified atom stereocenters. The number of benzene rings is 2. The summed E-state index contributed by atoms with van der Waals surface area (Å²) in [7, 11) is 1.64. The number of aryl methyl sites for hydroxylation is 1. The minimum atomic E-state index is -0.0393. The molecule has 0 bridgehead atoms. The summed E-state index contributed by atoms with van der Waals surface area (Å²) >= 11 is 0. The molecule has 0 spiro atoms. The number of nitrogens with one attached hydrogen (secondary N) is 1. The van der Waals surface area contributed by atoms with E-state index in [4.69, 9.17) is 4.74 Å². The number of methoxy groups -OCH3 is 1. The molecule has 0 radical (unpaired) electrons. The van der Waals surface area contributed by atoms with Crippen LogP contribution in [0.25, 0.3) is 0 Å². The number of carbonyl (C=O) groups excluding carboxylic acids is 3. The molecule has 1 saturated carbocycles. The fraction of sp³-hybridized carbons (Fsp3) is 0.423. The van der Waals surface area contributed by atoms with Gasteiger partial charge in [-0.2, -0.15) is 0 Å². The van der Waals surface area contributed by atoms with E-state index in [0.717, 1.165) is 30.6 Å². The minimum absolute atomic E-state index is 0.0393. The molecule has 2 aromatic rings. The quantitative estimate of drug-likeness (QED) is 0.703. The number of anilines is 1. The van der Waals surface area contributed by atoms with Gasteiger partial charge in [-0.3, -0.25) is 14.4 Å². The van der Waals surface area contributed by atoms with Gasteiger partial charge >= 0.3 is 0 Å². The van der Waals surface area contributed by atoms with Gasteiger partial charge in [0.15, 0.2) is 0 Å². The third kappa shape index (κ3) is 6.12. The molecule has 3 amide bonds. The molecule has 4 rings (SSSR count). The Balaban J connectivity index is 1.26. The van der Waals surface area contributed by atoms with E-state index in [2.05, 4.69) is 5.32 Å². The zero-order valence-corrected chi connectivity index (χ0v) is 19.1. The van der Waals surface area contributed by atoms with Crippen molar-refractivity contribution in [1.29, 1.82) is 0 Å². The van der Waals surface area contributed by atoms with Crippen LogP contribution in [-0.2, 0) is 16.0 Å². The second kappa shape index (κ2) is 10.5. The summed E-state index contributed by atoms with van der Waals surface area (Å²) in [5.41, 5.74) is 2.42. The molecule has 1 aliphatic heterocycles. The van der Waals surface area contributed by atoms with E-state index in [1.54, 1.807) is 31.4 Å². The van der Waals surface area contributed by atoms with E-state index in [0.29, 0.717) is 50.3 Å². The SMILES string of the molecule is COc1ccc(CCC(=O)N2CCCN(C(=O)c3ccc(NC(=O)C4CC4)cc3)CC2)cc1. The third-order valence-corrected chi connectivity index (χ3v) is 6.27. The van der Waals surface area contributed by atoms with Gasteiger partial charge in [-0.15, -0.1) is 0 Å². The van der Waals surface area contributed by atoms with Gasteiger partial charge in [-0.05, 0) is 67.6 Å². The maximum Gasteiger partial charge on any atom is 0.253 e. The molecule has 2 aliphatic rings. The van der Waals surface area contributed by atoms with Gasteiger partial charge in [0.25, 0.3) is 5.91 Å². The topological polar surface area (TPSA) is 79.0 Å². The first kappa shape index (κ1) is 22.8. The summed E-state index contributed by atoms with van der Waals surface area (Å²) in [6.07, 6.45) is 3.81. The maximum absolute atomic E-state index is 13.0. The molecular weight excluding hydrogens is 418 g/mol. The first-order valence-corrected chi connectivity index (χ1v) is 11.6. The van der Waals surface area contributed by atoms with Crippen LogP contribution >= 0.6 is 0 Å². The van der Waals surface area contributed by atoms with E-state index >= 15 is 0 Å². The van der Waals surface area contributed by atoms with Crippen molar-refractivity contribution in [3.05, 3.63) is 59.7 Å². The number of hydrogen-bond acceptors (Lipinski definition) is 4. The molecule has 1 aliphatic carbocycles. The Morgan fingerprint density at radius 1 is 0.909 bits per heavy atom. The first-order chi connectivity index (χ1) is 16.0. The number of nitrogens with zero attached hydrogens (tertiary/aromatic N) is 2. The summed E-state index contributed by atoms with van der Waals surface area (Å²) in [5, 5.41) is 2.89. The van der Waals surface area contributed by atoms with Crippen LogP contribution in [0.1, 0.15) is 41.6 Å². The normalized spacial score (nSPS) is 16.2. The van der Waals surface area contributed by atoms with E-state index < -0.39 is 0 Å². The number of hydrogen-bond donors (Lipinski definition) is 1. The minimum Gasteiger partial charge on any atom is -0.497 e. The molecule has 174 valence electrons. The summed E-state index contributed by atoms with van der Waals surface area (Å²) in [4.78, 5) is 41.3. The highest BCUT2D eigenvalue weighted by atomic mass is 16.5. The monoisotopic (exact) mass is 449 g/mol. The molecule has 7 heteroatoms. The zero-order valence-electron chi connectivity index (χ0n) is 19.1. The molecule has 2 aromatic carbocycles. The summed E-state index contributed by atoms with van der Waals surface area (Å²) in [5.74, 6) is 1.09. The van der Waals surface area contributed by atoms with Crippen LogP contribution < -0.4 is 10.1 Å². The van der Waals surface area contributed by atoms with Crippen molar-refractivity contribution < 1.29 is 19.1 Å². The van der Waals surface area contributed by atoms with Crippen molar-refractivity contribution in [2.45, 2.75) is 32.1 Å². The van der Waals surface area contributed by atoms with Crippen molar-refractivity contribution in [1.82, 2.24) is 9.80 Å².